The van der Waals surface area contributed by atoms with E-state index in [1.165, 1.54) is 0 Å². The van der Waals surface area contributed by atoms with Crippen molar-refractivity contribution in [3.8, 4) is 0 Å². The summed E-state index contributed by atoms with van der Waals surface area (Å²) in [6.07, 6.45) is 6.01. The molecule has 0 bridgehead atoms. The molecule has 0 fully saturated rings. The predicted molar refractivity (Wildman–Crippen MR) is 79.5 cm³/mol. The van der Waals surface area contributed by atoms with E-state index in [0.29, 0.717) is 11.4 Å². The maximum Gasteiger partial charge on any atom is 0.255 e. The molecule has 19 heavy (non-hydrogen) atoms. The Morgan fingerprint density at radius 2 is 2.16 bits per heavy atom. The first-order chi connectivity index (χ1) is 9.19. The zero-order chi connectivity index (χ0) is 14.1. The molecular weight excluding hydrogens is 238 g/mol. The fraction of sp³-hybridized carbons (Fsp3) is 0.600. The SMILES string of the molecule is CCCCC(C)NC(=O)c1cccnc1NCCC. The maximum absolute atomic E-state index is 12.2. The van der Waals surface area contributed by atoms with Crippen molar-refractivity contribution in [3.05, 3.63) is 23.9 Å². The van der Waals surface area contributed by atoms with Crippen LogP contribution in [-0.4, -0.2) is 23.5 Å². The second kappa shape index (κ2) is 8.51. The highest BCUT2D eigenvalue weighted by molar-refractivity contribution is 5.98. The van der Waals surface area contributed by atoms with Crippen LogP contribution in [0.2, 0.25) is 0 Å². The number of rotatable bonds is 8. The van der Waals surface area contributed by atoms with Crippen LogP contribution in [0.4, 0.5) is 5.82 Å². The lowest BCUT2D eigenvalue weighted by molar-refractivity contribution is 0.0938. The number of nitrogens with zero attached hydrogens (tertiary/aromatic N) is 1. The zero-order valence-corrected chi connectivity index (χ0v) is 12.2. The lowest BCUT2D eigenvalue weighted by atomic mass is 10.1. The second-order valence-electron chi connectivity index (χ2n) is 4.84. The van der Waals surface area contributed by atoms with Gasteiger partial charge in [0.1, 0.15) is 5.82 Å². The molecule has 1 aromatic heterocycles. The highest BCUT2D eigenvalue weighted by atomic mass is 16.1. The van der Waals surface area contributed by atoms with E-state index in [9.17, 15) is 4.79 Å². The molecular formula is C15H25N3O. The zero-order valence-electron chi connectivity index (χ0n) is 12.2. The molecule has 0 aromatic carbocycles. The van der Waals surface area contributed by atoms with Gasteiger partial charge in [-0.2, -0.15) is 0 Å². The van der Waals surface area contributed by atoms with Crippen LogP contribution in [0.3, 0.4) is 0 Å². The molecule has 1 heterocycles. The van der Waals surface area contributed by atoms with Crippen molar-refractivity contribution >= 4 is 11.7 Å². The van der Waals surface area contributed by atoms with E-state index in [1.54, 1.807) is 12.3 Å². The lowest BCUT2D eigenvalue weighted by Crippen LogP contribution is -2.33. The summed E-state index contributed by atoms with van der Waals surface area (Å²) >= 11 is 0. The molecule has 1 unspecified atom stereocenters. The monoisotopic (exact) mass is 263 g/mol. The summed E-state index contributed by atoms with van der Waals surface area (Å²) in [5, 5.41) is 6.22. The van der Waals surface area contributed by atoms with E-state index in [4.69, 9.17) is 0 Å². The summed E-state index contributed by atoms with van der Waals surface area (Å²) < 4.78 is 0. The number of hydrogen-bond donors (Lipinski definition) is 2. The van der Waals surface area contributed by atoms with Gasteiger partial charge in [-0.25, -0.2) is 4.98 Å². The van der Waals surface area contributed by atoms with Crippen molar-refractivity contribution in [2.24, 2.45) is 0 Å². The van der Waals surface area contributed by atoms with Gasteiger partial charge >= 0.3 is 0 Å². The van der Waals surface area contributed by atoms with Crippen molar-refractivity contribution in [3.63, 3.8) is 0 Å². The average Bonchev–Trinajstić information content (AvgIpc) is 2.43. The quantitative estimate of drug-likeness (QED) is 0.757. The Kier molecular flexibility index (Phi) is 6.93. The van der Waals surface area contributed by atoms with Crippen LogP contribution >= 0.6 is 0 Å². The van der Waals surface area contributed by atoms with Crippen LogP contribution in [0, 0.1) is 0 Å². The van der Waals surface area contributed by atoms with Crippen molar-refractivity contribution in [1.82, 2.24) is 10.3 Å². The first-order valence-electron chi connectivity index (χ1n) is 7.18. The summed E-state index contributed by atoms with van der Waals surface area (Å²) in [7, 11) is 0. The largest absolute Gasteiger partial charge is 0.369 e. The highest BCUT2D eigenvalue weighted by Gasteiger charge is 2.13. The molecule has 1 atom stereocenters. The molecule has 0 radical (unpaired) electrons. The molecule has 1 aromatic rings. The molecule has 1 rings (SSSR count). The van der Waals surface area contributed by atoms with Gasteiger partial charge in [0.2, 0.25) is 0 Å². The smallest absolute Gasteiger partial charge is 0.255 e. The van der Waals surface area contributed by atoms with Crippen LogP contribution < -0.4 is 10.6 Å². The number of carbonyl (C=O) groups is 1. The Morgan fingerprint density at radius 3 is 2.84 bits per heavy atom. The summed E-state index contributed by atoms with van der Waals surface area (Å²) in [6, 6.07) is 3.81. The summed E-state index contributed by atoms with van der Waals surface area (Å²) in [5.41, 5.74) is 0.624. The molecule has 0 spiro atoms. The van der Waals surface area contributed by atoms with E-state index in [2.05, 4.69) is 29.5 Å². The van der Waals surface area contributed by atoms with Gasteiger partial charge in [0.25, 0.3) is 5.91 Å². The minimum atomic E-state index is -0.0460. The Morgan fingerprint density at radius 1 is 1.37 bits per heavy atom. The van der Waals surface area contributed by atoms with E-state index < -0.39 is 0 Å². The molecule has 4 heteroatoms. The van der Waals surface area contributed by atoms with Crippen LogP contribution in [0.25, 0.3) is 0 Å². The van der Waals surface area contributed by atoms with Crippen LogP contribution in [0.15, 0.2) is 18.3 Å². The number of unbranched alkanes of at least 4 members (excludes halogenated alkanes) is 1. The first-order valence-corrected chi connectivity index (χ1v) is 7.18. The lowest BCUT2D eigenvalue weighted by Gasteiger charge is -2.15. The standard InChI is InChI=1S/C15H25N3O/c1-4-6-8-12(3)18-15(19)13-9-7-11-17-14(13)16-10-5-2/h7,9,11-12H,4-6,8,10H2,1-3H3,(H,16,17)(H,18,19). The van der Waals surface area contributed by atoms with Crippen LogP contribution in [0.1, 0.15) is 56.8 Å². The van der Waals surface area contributed by atoms with E-state index in [-0.39, 0.29) is 11.9 Å². The van der Waals surface area contributed by atoms with Gasteiger partial charge in [0.15, 0.2) is 0 Å². The maximum atomic E-state index is 12.2. The third-order valence-electron chi connectivity index (χ3n) is 2.96. The van der Waals surface area contributed by atoms with Gasteiger partial charge in [-0.05, 0) is 31.9 Å². The van der Waals surface area contributed by atoms with Crippen LogP contribution in [0.5, 0.6) is 0 Å². The third-order valence-corrected chi connectivity index (χ3v) is 2.96. The van der Waals surface area contributed by atoms with Crippen LogP contribution in [-0.2, 0) is 0 Å². The number of hydrogen-bond acceptors (Lipinski definition) is 3. The van der Waals surface area contributed by atoms with E-state index >= 15 is 0 Å². The predicted octanol–water partition coefficient (Wildman–Crippen LogP) is 3.21. The molecule has 4 nitrogen and oxygen atoms in total. The highest BCUT2D eigenvalue weighted by Crippen LogP contribution is 2.12. The Hall–Kier alpha value is -1.58. The molecule has 0 aliphatic carbocycles. The second-order valence-corrected chi connectivity index (χ2v) is 4.84. The van der Waals surface area contributed by atoms with E-state index in [0.717, 1.165) is 32.2 Å². The number of anilines is 1. The van der Waals surface area contributed by atoms with Gasteiger partial charge in [-0.15, -0.1) is 0 Å². The molecule has 1 amide bonds. The molecule has 0 aliphatic rings. The molecule has 106 valence electrons. The van der Waals surface area contributed by atoms with Crippen molar-refractivity contribution in [2.75, 3.05) is 11.9 Å². The fourth-order valence-electron chi connectivity index (χ4n) is 1.86. The number of carbonyl (C=O) groups excluding carboxylic acids is 1. The third kappa shape index (κ3) is 5.28. The van der Waals surface area contributed by atoms with Crippen molar-refractivity contribution < 1.29 is 4.79 Å². The summed E-state index contributed by atoms with van der Waals surface area (Å²) in [6.45, 7) is 7.11. The number of aromatic nitrogens is 1. The molecule has 0 saturated heterocycles. The fourth-order valence-corrected chi connectivity index (χ4v) is 1.86. The summed E-state index contributed by atoms with van der Waals surface area (Å²) in [5.74, 6) is 0.625. The topological polar surface area (TPSA) is 54.0 Å². The normalized spacial score (nSPS) is 11.9. The van der Waals surface area contributed by atoms with Gasteiger partial charge < -0.3 is 10.6 Å². The van der Waals surface area contributed by atoms with E-state index in [1.807, 2.05) is 13.0 Å². The number of nitrogens with one attached hydrogen (secondary N) is 2. The molecule has 0 saturated carbocycles. The van der Waals surface area contributed by atoms with Crippen molar-refractivity contribution in [1.29, 1.82) is 0 Å². The van der Waals surface area contributed by atoms with Gasteiger partial charge in [0.05, 0.1) is 5.56 Å². The van der Waals surface area contributed by atoms with Gasteiger partial charge in [-0.3, -0.25) is 4.79 Å². The first kappa shape index (κ1) is 15.5. The average molecular weight is 263 g/mol. The van der Waals surface area contributed by atoms with Gasteiger partial charge in [-0.1, -0.05) is 26.7 Å². The number of amides is 1. The number of pyridine rings is 1. The van der Waals surface area contributed by atoms with Crippen molar-refractivity contribution in [2.45, 2.75) is 52.5 Å². The molecule has 2 N–H and O–H groups in total. The van der Waals surface area contributed by atoms with Gasteiger partial charge in [0, 0.05) is 18.8 Å². The Bertz CT molecular complexity index is 393. The summed E-state index contributed by atoms with van der Waals surface area (Å²) in [4.78, 5) is 16.4. The minimum absolute atomic E-state index is 0.0460. The Balaban J connectivity index is 2.65. The molecule has 0 aliphatic heterocycles. The minimum Gasteiger partial charge on any atom is -0.369 e. The Labute approximate surface area is 116 Å².